The second-order valence-corrected chi connectivity index (χ2v) is 6.32. The summed E-state index contributed by atoms with van der Waals surface area (Å²) in [5.41, 5.74) is -0.557. The predicted molar refractivity (Wildman–Crippen MR) is 103 cm³/mol. The largest absolute Gasteiger partial charge is 0.462 e. The Morgan fingerprint density at radius 3 is 2.55 bits per heavy atom. The molecule has 0 radical (unpaired) electrons. The van der Waals surface area contributed by atoms with Crippen molar-refractivity contribution in [3.63, 3.8) is 0 Å². The maximum absolute atomic E-state index is 13.6. The number of nitrogens with zero attached hydrogens (tertiary/aromatic N) is 6. The van der Waals surface area contributed by atoms with Crippen molar-refractivity contribution in [2.24, 2.45) is 0 Å². The number of aromatic nitrogens is 6. The Morgan fingerprint density at radius 1 is 1.13 bits per heavy atom. The number of esters is 1. The fraction of sp³-hybridized carbons (Fsp3) is 0.150. The number of hydrogen-bond acceptors (Lipinski definition) is 6. The van der Waals surface area contributed by atoms with Crippen molar-refractivity contribution in [3.05, 3.63) is 72.3 Å². The summed E-state index contributed by atoms with van der Waals surface area (Å²) in [6.45, 7) is 1.47. The molecule has 0 saturated heterocycles. The Hall–Kier alpha value is -4.02. The first kappa shape index (κ1) is 20.3. The Balaban J connectivity index is 1.66. The minimum atomic E-state index is -4.80. The first-order chi connectivity index (χ1) is 14.9. The summed E-state index contributed by atoms with van der Waals surface area (Å²) in [4.78, 5) is 16.1. The van der Waals surface area contributed by atoms with Crippen LogP contribution in [-0.2, 0) is 10.9 Å². The molecule has 0 atom stereocenters. The van der Waals surface area contributed by atoms with Gasteiger partial charge in [-0.05, 0) is 31.2 Å². The normalized spacial score (nSPS) is 11.5. The van der Waals surface area contributed by atoms with Gasteiger partial charge in [0.2, 0.25) is 0 Å². The zero-order chi connectivity index (χ0) is 22.0. The molecule has 3 aromatic heterocycles. The summed E-state index contributed by atoms with van der Waals surface area (Å²) in [6.07, 6.45) is -0.667. The van der Waals surface area contributed by atoms with E-state index in [0.29, 0.717) is 21.8 Å². The Bertz CT molecular complexity index is 1200. The van der Waals surface area contributed by atoms with Crippen molar-refractivity contribution in [3.8, 4) is 22.8 Å². The molecule has 1 aromatic carbocycles. The lowest BCUT2D eigenvalue weighted by Gasteiger charge is -2.12. The topological polar surface area (TPSA) is 87.7 Å². The molecule has 31 heavy (non-hydrogen) atoms. The first-order valence-electron chi connectivity index (χ1n) is 9.15. The summed E-state index contributed by atoms with van der Waals surface area (Å²) in [5, 5.41) is 11.9. The monoisotopic (exact) mass is 428 g/mol. The van der Waals surface area contributed by atoms with E-state index in [1.165, 1.54) is 23.7 Å². The van der Waals surface area contributed by atoms with Crippen molar-refractivity contribution in [1.82, 2.24) is 29.8 Å². The van der Waals surface area contributed by atoms with Crippen molar-refractivity contribution in [2.45, 2.75) is 13.1 Å². The van der Waals surface area contributed by atoms with Gasteiger partial charge in [0, 0.05) is 11.8 Å². The highest BCUT2D eigenvalue weighted by Crippen LogP contribution is 2.34. The highest BCUT2D eigenvalue weighted by atomic mass is 19.4. The average Bonchev–Trinajstić information content (AvgIpc) is 3.42. The molecule has 0 unspecified atom stereocenters. The molecule has 0 N–H and O–H groups in total. The van der Waals surface area contributed by atoms with Gasteiger partial charge in [0.25, 0.3) is 0 Å². The number of rotatable bonds is 5. The van der Waals surface area contributed by atoms with Gasteiger partial charge in [-0.15, -0.1) is 5.10 Å². The van der Waals surface area contributed by atoms with Crippen LogP contribution in [0.4, 0.5) is 13.2 Å². The van der Waals surface area contributed by atoms with Gasteiger partial charge in [-0.2, -0.15) is 18.3 Å². The van der Waals surface area contributed by atoms with Crippen LogP contribution in [0, 0.1) is 0 Å². The molecular weight excluding hydrogens is 413 g/mol. The van der Waals surface area contributed by atoms with Crippen LogP contribution in [0.15, 0.2) is 61.1 Å². The molecule has 158 valence electrons. The second kappa shape index (κ2) is 8.01. The molecule has 0 saturated carbocycles. The number of pyridine rings is 1. The maximum Gasteiger partial charge on any atom is 0.434 e. The highest BCUT2D eigenvalue weighted by Gasteiger charge is 2.41. The molecule has 0 bridgehead atoms. The third-order valence-corrected chi connectivity index (χ3v) is 4.32. The fourth-order valence-electron chi connectivity index (χ4n) is 2.95. The third-order valence-electron chi connectivity index (χ3n) is 4.32. The molecule has 4 rings (SSSR count). The van der Waals surface area contributed by atoms with Crippen LogP contribution in [0.1, 0.15) is 23.0 Å². The molecule has 0 fully saturated rings. The van der Waals surface area contributed by atoms with Crippen LogP contribution in [0.2, 0.25) is 0 Å². The molecule has 0 aliphatic carbocycles. The van der Waals surface area contributed by atoms with Crippen LogP contribution < -0.4 is 0 Å². The van der Waals surface area contributed by atoms with E-state index < -0.39 is 23.4 Å². The van der Waals surface area contributed by atoms with Crippen molar-refractivity contribution >= 4 is 5.97 Å². The quantitative estimate of drug-likeness (QED) is 0.451. The zero-order valence-electron chi connectivity index (χ0n) is 16.1. The van der Waals surface area contributed by atoms with E-state index in [1.54, 1.807) is 36.7 Å². The Morgan fingerprint density at radius 2 is 1.90 bits per heavy atom. The number of hydrogen-bond donors (Lipinski definition) is 0. The molecule has 4 aromatic rings. The number of halogens is 3. The van der Waals surface area contributed by atoms with E-state index in [1.807, 2.05) is 6.07 Å². The van der Waals surface area contributed by atoms with E-state index in [0.717, 1.165) is 6.20 Å². The second-order valence-electron chi connectivity index (χ2n) is 6.32. The standard InChI is InChI=1S/C20H15F3N6O2/c1-2-31-19(30)15-11-25-29(18(15)20(21,22)23)14-8-6-13(7-9-14)16-12-28(27-26-16)17-5-3-4-10-24-17/h3-12H,2H2,1H3. The lowest BCUT2D eigenvalue weighted by Crippen LogP contribution is -2.18. The van der Waals surface area contributed by atoms with Gasteiger partial charge in [-0.1, -0.05) is 23.4 Å². The fourth-order valence-corrected chi connectivity index (χ4v) is 2.95. The number of carbonyl (C=O) groups is 1. The van der Waals surface area contributed by atoms with Gasteiger partial charge >= 0.3 is 12.1 Å². The van der Waals surface area contributed by atoms with Gasteiger partial charge in [0.15, 0.2) is 11.5 Å². The number of benzene rings is 1. The van der Waals surface area contributed by atoms with Crippen molar-refractivity contribution < 1.29 is 22.7 Å². The number of carbonyl (C=O) groups excluding carboxylic acids is 1. The van der Waals surface area contributed by atoms with Gasteiger partial charge in [0.05, 0.1) is 24.7 Å². The maximum atomic E-state index is 13.6. The molecule has 8 nitrogen and oxygen atoms in total. The smallest absolute Gasteiger partial charge is 0.434 e. The Labute approximate surface area is 173 Å². The van der Waals surface area contributed by atoms with E-state index >= 15 is 0 Å². The van der Waals surface area contributed by atoms with Crippen LogP contribution >= 0.6 is 0 Å². The summed E-state index contributed by atoms with van der Waals surface area (Å²) in [7, 11) is 0. The minimum Gasteiger partial charge on any atom is -0.462 e. The molecule has 0 aliphatic rings. The van der Waals surface area contributed by atoms with Crippen LogP contribution in [-0.4, -0.2) is 42.3 Å². The first-order valence-corrected chi connectivity index (χ1v) is 9.15. The lowest BCUT2D eigenvalue weighted by atomic mass is 10.1. The molecule has 11 heteroatoms. The van der Waals surface area contributed by atoms with Crippen molar-refractivity contribution in [1.29, 1.82) is 0 Å². The van der Waals surface area contributed by atoms with Gasteiger partial charge in [-0.3, -0.25) is 0 Å². The third kappa shape index (κ3) is 4.02. The average molecular weight is 428 g/mol. The molecular formula is C20H15F3N6O2. The van der Waals surface area contributed by atoms with Gasteiger partial charge < -0.3 is 4.74 Å². The number of ether oxygens (including phenoxy) is 1. The molecule has 0 amide bonds. The molecule has 3 heterocycles. The highest BCUT2D eigenvalue weighted by molar-refractivity contribution is 5.90. The van der Waals surface area contributed by atoms with Crippen LogP contribution in [0.25, 0.3) is 22.8 Å². The predicted octanol–water partition coefficient (Wildman–Crippen LogP) is 3.71. The summed E-state index contributed by atoms with van der Waals surface area (Å²) in [6, 6.07) is 11.4. The SMILES string of the molecule is CCOC(=O)c1cnn(-c2ccc(-c3cn(-c4ccccn4)nn3)cc2)c1C(F)(F)F. The van der Waals surface area contributed by atoms with E-state index in [-0.39, 0.29) is 12.3 Å². The van der Waals surface area contributed by atoms with Crippen molar-refractivity contribution in [2.75, 3.05) is 6.61 Å². The Kier molecular flexibility index (Phi) is 5.24. The molecule has 0 aliphatic heterocycles. The van der Waals surface area contributed by atoms with Crippen LogP contribution in [0.3, 0.4) is 0 Å². The van der Waals surface area contributed by atoms with E-state index in [2.05, 4.69) is 20.4 Å². The lowest BCUT2D eigenvalue weighted by molar-refractivity contribution is -0.143. The van der Waals surface area contributed by atoms with Gasteiger partial charge in [-0.25, -0.2) is 19.1 Å². The summed E-state index contributed by atoms with van der Waals surface area (Å²) in [5.74, 6) is -0.500. The minimum absolute atomic E-state index is 0.0464. The van der Waals surface area contributed by atoms with Crippen LogP contribution in [0.5, 0.6) is 0 Å². The van der Waals surface area contributed by atoms with E-state index in [9.17, 15) is 18.0 Å². The van der Waals surface area contributed by atoms with Gasteiger partial charge in [0.1, 0.15) is 11.3 Å². The summed E-state index contributed by atoms with van der Waals surface area (Å²) < 4.78 is 47.8. The number of alkyl halides is 3. The summed E-state index contributed by atoms with van der Waals surface area (Å²) >= 11 is 0. The molecule has 0 spiro atoms. The zero-order valence-corrected chi connectivity index (χ0v) is 16.1. The van der Waals surface area contributed by atoms with E-state index in [4.69, 9.17) is 4.74 Å².